The van der Waals surface area contributed by atoms with E-state index in [0.717, 1.165) is 10.6 Å². The van der Waals surface area contributed by atoms with E-state index in [0.29, 0.717) is 0 Å². The summed E-state index contributed by atoms with van der Waals surface area (Å²) in [6.45, 7) is 2.13. The maximum absolute atomic E-state index is 8.84. The van der Waals surface area contributed by atoms with Gasteiger partial charge in [-0.25, -0.2) is 0 Å². The van der Waals surface area contributed by atoms with Gasteiger partial charge in [-0.05, 0) is 17.7 Å². The average molecular weight is 171 g/mol. The summed E-state index contributed by atoms with van der Waals surface area (Å²) in [7, 11) is 0. The maximum atomic E-state index is 8.84. The van der Waals surface area contributed by atoms with E-state index in [9.17, 15) is 0 Å². The first-order chi connectivity index (χ1) is 5.24. The molecule has 0 aliphatic heterocycles. The zero-order valence-electron chi connectivity index (χ0n) is 6.42. The van der Waals surface area contributed by atoms with E-state index in [1.165, 1.54) is 0 Å². The molecule has 1 nitrogen and oxygen atoms in total. The molecule has 1 rings (SSSR count). The van der Waals surface area contributed by atoms with Gasteiger partial charge in [0, 0.05) is 17.5 Å². The summed E-state index contributed by atoms with van der Waals surface area (Å²) in [5.74, 6) is 0.175. The Morgan fingerprint density at radius 3 is 2.82 bits per heavy atom. The standard InChI is InChI=1S/C9H11ClO/c1-7(6-11)8-3-2-4-9(10)5-8/h2-5,7,11H,6H2,1H3/t7-/m0/s1. The van der Waals surface area contributed by atoms with Crippen LogP contribution in [0, 0.1) is 0 Å². The zero-order valence-corrected chi connectivity index (χ0v) is 7.17. The van der Waals surface area contributed by atoms with E-state index in [2.05, 4.69) is 0 Å². The molecule has 0 unspecified atom stereocenters. The van der Waals surface area contributed by atoms with Gasteiger partial charge in [-0.2, -0.15) is 0 Å². The van der Waals surface area contributed by atoms with E-state index in [1.807, 2.05) is 31.2 Å². The Hall–Kier alpha value is -0.530. The molecule has 0 aliphatic rings. The molecule has 0 bridgehead atoms. The van der Waals surface area contributed by atoms with Crippen LogP contribution in [0.25, 0.3) is 0 Å². The summed E-state index contributed by atoms with van der Waals surface area (Å²) >= 11 is 5.76. The van der Waals surface area contributed by atoms with Crippen molar-refractivity contribution in [3.8, 4) is 0 Å². The van der Waals surface area contributed by atoms with Gasteiger partial charge in [0.05, 0.1) is 0 Å². The van der Waals surface area contributed by atoms with Crippen molar-refractivity contribution in [2.45, 2.75) is 12.8 Å². The Balaban J connectivity index is 2.86. The molecule has 0 heterocycles. The highest BCUT2D eigenvalue weighted by molar-refractivity contribution is 6.30. The molecule has 1 aromatic rings. The van der Waals surface area contributed by atoms with E-state index in [4.69, 9.17) is 16.7 Å². The summed E-state index contributed by atoms with van der Waals surface area (Å²) in [6.07, 6.45) is 0. The Morgan fingerprint density at radius 1 is 1.55 bits per heavy atom. The van der Waals surface area contributed by atoms with Gasteiger partial charge in [-0.15, -0.1) is 0 Å². The molecule has 1 N–H and O–H groups in total. The molecule has 60 valence electrons. The van der Waals surface area contributed by atoms with Crippen LogP contribution < -0.4 is 0 Å². The highest BCUT2D eigenvalue weighted by Gasteiger charge is 2.02. The fourth-order valence-electron chi connectivity index (χ4n) is 0.919. The topological polar surface area (TPSA) is 20.2 Å². The third-order valence-electron chi connectivity index (χ3n) is 1.69. The molecule has 11 heavy (non-hydrogen) atoms. The third kappa shape index (κ3) is 2.21. The van der Waals surface area contributed by atoms with Gasteiger partial charge in [-0.1, -0.05) is 30.7 Å². The Labute approximate surface area is 71.6 Å². The molecule has 0 fully saturated rings. The summed E-state index contributed by atoms with van der Waals surface area (Å²) in [4.78, 5) is 0. The summed E-state index contributed by atoms with van der Waals surface area (Å²) in [5, 5.41) is 9.56. The summed E-state index contributed by atoms with van der Waals surface area (Å²) < 4.78 is 0. The zero-order chi connectivity index (χ0) is 8.27. The van der Waals surface area contributed by atoms with Gasteiger partial charge in [0.25, 0.3) is 0 Å². The van der Waals surface area contributed by atoms with Gasteiger partial charge in [-0.3, -0.25) is 0 Å². The first-order valence-corrected chi connectivity index (χ1v) is 3.98. The number of aliphatic hydroxyl groups is 1. The highest BCUT2D eigenvalue weighted by atomic mass is 35.5. The molecule has 1 aromatic carbocycles. The van der Waals surface area contributed by atoms with Crippen molar-refractivity contribution in [2.75, 3.05) is 6.61 Å². The first-order valence-electron chi connectivity index (χ1n) is 3.60. The van der Waals surface area contributed by atoms with Crippen molar-refractivity contribution >= 4 is 11.6 Å². The number of rotatable bonds is 2. The monoisotopic (exact) mass is 170 g/mol. The molecule has 0 amide bonds. The van der Waals surface area contributed by atoms with Crippen LogP contribution in [-0.4, -0.2) is 11.7 Å². The lowest BCUT2D eigenvalue weighted by atomic mass is 10.0. The molecule has 0 aliphatic carbocycles. The second-order valence-electron chi connectivity index (χ2n) is 2.64. The van der Waals surface area contributed by atoms with Gasteiger partial charge in [0.2, 0.25) is 0 Å². The molecule has 1 atom stereocenters. The fraction of sp³-hybridized carbons (Fsp3) is 0.333. The predicted octanol–water partition coefficient (Wildman–Crippen LogP) is 2.44. The number of halogens is 1. The average Bonchev–Trinajstić information content (AvgIpc) is 2.03. The summed E-state index contributed by atoms with van der Waals surface area (Å²) in [6, 6.07) is 7.56. The molecule has 0 saturated heterocycles. The Morgan fingerprint density at radius 2 is 2.27 bits per heavy atom. The number of aliphatic hydroxyl groups excluding tert-OH is 1. The molecule has 0 spiro atoms. The minimum atomic E-state index is 0.167. The van der Waals surface area contributed by atoms with Crippen molar-refractivity contribution in [2.24, 2.45) is 0 Å². The maximum Gasteiger partial charge on any atom is 0.0497 e. The van der Waals surface area contributed by atoms with Crippen molar-refractivity contribution in [1.29, 1.82) is 0 Å². The lowest BCUT2D eigenvalue weighted by Crippen LogP contribution is -1.97. The normalized spacial score (nSPS) is 13.0. The number of benzene rings is 1. The smallest absolute Gasteiger partial charge is 0.0497 e. The molecular weight excluding hydrogens is 160 g/mol. The number of hydrogen-bond donors (Lipinski definition) is 1. The second kappa shape index (κ2) is 3.74. The lowest BCUT2D eigenvalue weighted by Gasteiger charge is -2.07. The van der Waals surface area contributed by atoms with E-state index in [-0.39, 0.29) is 12.5 Å². The van der Waals surface area contributed by atoms with Gasteiger partial charge < -0.3 is 5.11 Å². The van der Waals surface area contributed by atoms with E-state index >= 15 is 0 Å². The van der Waals surface area contributed by atoms with Crippen LogP contribution in [0.5, 0.6) is 0 Å². The van der Waals surface area contributed by atoms with Crippen LogP contribution >= 0.6 is 11.6 Å². The van der Waals surface area contributed by atoms with Crippen LogP contribution in [0.3, 0.4) is 0 Å². The number of hydrogen-bond acceptors (Lipinski definition) is 1. The van der Waals surface area contributed by atoms with Crippen molar-refractivity contribution in [1.82, 2.24) is 0 Å². The van der Waals surface area contributed by atoms with Crippen molar-refractivity contribution < 1.29 is 5.11 Å². The highest BCUT2D eigenvalue weighted by Crippen LogP contribution is 2.18. The van der Waals surface area contributed by atoms with Crippen LogP contribution in [0.4, 0.5) is 0 Å². The molecule has 2 heteroatoms. The van der Waals surface area contributed by atoms with E-state index in [1.54, 1.807) is 0 Å². The largest absolute Gasteiger partial charge is 0.396 e. The van der Waals surface area contributed by atoms with Crippen molar-refractivity contribution in [3.63, 3.8) is 0 Å². The predicted molar refractivity (Wildman–Crippen MR) is 47.0 cm³/mol. The Kier molecular flexibility index (Phi) is 2.92. The minimum absolute atomic E-state index is 0.167. The quantitative estimate of drug-likeness (QED) is 0.723. The Bertz CT molecular complexity index is 235. The van der Waals surface area contributed by atoms with Crippen molar-refractivity contribution in [3.05, 3.63) is 34.9 Å². The first kappa shape index (κ1) is 8.57. The molecule has 0 saturated carbocycles. The third-order valence-corrected chi connectivity index (χ3v) is 1.93. The minimum Gasteiger partial charge on any atom is -0.396 e. The fourth-order valence-corrected chi connectivity index (χ4v) is 1.12. The lowest BCUT2D eigenvalue weighted by molar-refractivity contribution is 0.273. The SMILES string of the molecule is C[C@@H](CO)c1cccc(Cl)c1. The van der Waals surface area contributed by atoms with Gasteiger partial charge in [0.15, 0.2) is 0 Å². The van der Waals surface area contributed by atoms with Gasteiger partial charge in [0.1, 0.15) is 0 Å². The van der Waals surface area contributed by atoms with Crippen LogP contribution in [-0.2, 0) is 0 Å². The molecular formula is C9H11ClO. The van der Waals surface area contributed by atoms with Crippen LogP contribution in [0.15, 0.2) is 24.3 Å². The second-order valence-corrected chi connectivity index (χ2v) is 3.08. The summed E-state index contributed by atoms with van der Waals surface area (Å²) in [5.41, 5.74) is 1.08. The van der Waals surface area contributed by atoms with E-state index < -0.39 is 0 Å². The molecule has 0 radical (unpaired) electrons. The molecule has 0 aromatic heterocycles. The van der Waals surface area contributed by atoms with Crippen LogP contribution in [0.1, 0.15) is 18.4 Å². The van der Waals surface area contributed by atoms with Gasteiger partial charge >= 0.3 is 0 Å². The van der Waals surface area contributed by atoms with Crippen LogP contribution in [0.2, 0.25) is 5.02 Å².